The zero-order valence-corrected chi connectivity index (χ0v) is 22.3. The van der Waals surface area contributed by atoms with Crippen molar-refractivity contribution < 1.29 is 29.1 Å². The van der Waals surface area contributed by atoms with Gasteiger partial charge in [-0.2, -0.15) is 0 Å². The molecule has 5 unspecified atom stereocenters. The summed E-state index contributed by atoms with van der Waals surface area (Å²) in [6.45, 7) is 3.98. The molecule has 5 atom stereocenters. The normalized spacial score (nSPS) is 18.2. The molecule has 1 aliphatic rings. The van der Waals surface area contributed by atoms with Crippen molar-refractivity contribution in [2.45, 2.75) is 76.5 Å². The van der Waals surface area contributed by atoms with Gasteiger partial charge < -0.3 is 37.1 Å². The van der Waals surface area contributed by atoms with Crippen LogP contribution in [0.3, 0.4) is 0 Å². The van der Waals surface area contributed by atoms with Gasteiger partial charge in [0.25, 0.3) is 0 Å². The Balaban J connectivity index is 1.70. The van der Waals surface area contributed by atoms with Crippen molar-refractivity contribution in [1.29, 1.82) is 0 Å². The van der Waals surface area contributed by atoms with E-state index in [4.69, 9.17) is 11.5 Å². The average molecular weight is 543 g/mol. The fourth-order valence-electron chi connectivity index (χ4n) is 4.87. The highest BCUT2D eigenvalue weighted by Crippen LogP contribution is 2.21. The number of hydrogen-bond acceptors (Lipinski definition) is 6. The Morgan fingerprint density at radius 3 is 2.56 bits per heavy atom. The topological polar surface area (TPSA) is 201 Å². The number of carbonyl (C=O) groups excluding carboxylic acids is 4. The maximum Gasteiger partial charge on any atom is 0.326 e. The first-order valence-corrected chi connectivity index (χ1v) is 13.3. The van der Waals surface area contributed by atoms with E-state index in [0.717, 1.165) is 16.5 Å². The Kier molecular flexibility index (Phi) is 10.0. The molecule has 0 saturated carbocycles. The predicted octanol–water partition coefficient (Wildman–Crippen LogP) is 0.395. The van der Waals surface area contributed by atoms with E-state index in [2.05, 4.69) is 15.6 Å². The molecule has 4 amide bonds. The molecule has 0 radical (unpaired) electrons. The van der Waals surface area contributed by atoms with Gasteiger partial charge in [0.2, 0.25) is 23.6 Å². The lowest BCUT2D eigenvalue weighted by atomic mass is 9.96. The minimum Gasteiger partial charge on any atom is -0.480 e. The van der Waals surface area contributed by atoms with Gasteiger partial charge in [0, 0.05) is 36.5 Å². The molecule has 2 heterocycles. The predicted molar refractivity (Wildman–Crippen MR) is 144 cm³/mol. The van der Waals surface area contributed by atoms with Crippen LogP contribution in [0.1, 0.15) is 51.5 Å². The SMILES string of the molecule is CCC(C)C(NC(=O)C1CCCN1C(=O)C(N)CCC(N)=O)C(=O)NC(Cc1c[nH]c2ccccc12)C(=O)O. The first kappa shape index (κ1) is 29.6. The second-order valence-corrected chi connectivity index (χ2v) is 10.1. The molecule has 212 valence electrons. The number of benzene rings is 1. The number of rotatable bonds is 13. The van der Waals surface area contributed by atoms with Crippen LogP contribution in [0.5, 0.6) is 0 Å². The van der Waals surface area contributed by atoms with Gasteiger partial charge in [0.05, 0.1) is 6.04 Å². The summed E-state index contributed by atoms with van der Waals surface area (Å²) in [5, 5.41) is 16.1. The van der Waals surface area contributed by atoms with Crippen molar-refractivity contribution in [2.75, 3.05) is 6.54 Å². The largest absolute Gasteiger partial charge is 0.480 e. The molecule has 1 aromatic carbocycles. The van der Waals surface area contributed by atoms with Gasteiger partial charge in [-0.3, -0.25) is 19.2 Å². The Bertz CT molecular complexity index is 1210. The molecule has 0 spiro atoms. The number of carboxylic acids is 1. The summed E-state index contributed by atoms with van der Waals surface area (Å²) < 4.78 is 0. The number of likely N-dealkylation sites (tertiary alicyclic amines) is 1. The van der Waals surface area contributed by atoms with Crippen LogP contribution in [0.2, 0.25) is 0 Å². The van der Waals surface area contributed by atoms with Crippen molar-refractivity contribution in [3.8, 4) is 0 Å². The fourth-order valence-corrected chi connectivity index (χ4v) is 4.87. The maximum atomic E-state index is 13.3. The number of para-hydroxylation sites is 1. The minimum absolute atomic E-state index is 0.0445. The highest BCUT2D eigenvalue weighted by molar-refractivity contribution is 5.95. The van der Waals surface area contributed by atoms with Crippen molar-refractivity contribution in [3.63, 3.8) is 0 Å². The van der Waals surface area contributed by atoms with E-state index in [1.807, 2.05) is 31.2 Å². The molecule has 8 N–H and O–H groups in total. The second kappa shape index (κ2) is 13.2. The number of nitrogens with two attached hydrogens (primary N) is 2. The summed E-state index contributed by atoms with van der Waals surface area (Å²) in [7, 11) is 0. The number of hydrogen-bond donors (Lipinski definition) is 6. The van der Waals surface area contributed by atoms with Crippen LogP contribution in [0, 0.1) is 5.92 Å². The number of aromatic amines is 1. The number of carbonyl (C=O) groups is 5. The Morgan fingerprint density at radius 1 is 1.18 bits per heavy atom. The summed E-state index contributed by atoms with van der Waals surface area (Å²) in [5.74, 6) is -3.64. The molecule has 3 rings (SSSR count). The zero-order valence-electron chi connectivity index (χ0n) is 22.3. The third kappa shape index (κ3) is 7.34. The van der Waals surface area contributed by atoms with E-state index >= 15 is 0 Å². The van der Waals surface area contributed by atoms with Crippen LogP contribution in [0.15, 0.2) is 30.5 Å². The molecule has 12 nitrogen and oxygen atoms in total. The molecular weight excluding hydrogens is 504 g/mol. The monoisotopic (exact) mass is 542 g/mol. The summed E-state index contributed by atoms with van der Waals surface area (Å²) >= 11 is 0. The van der Waals surface area contributed by atoms with Crippen molar-refractivity contribution in [2.24, 2.45) is 17.4 Å². The van der Waals surface area contributed by atoms with Gasteiger partial charge in [-0.05, 0) is 36.8 Å². The Labute approximate surface area is 226 Å². The Hall–Kier alpha value is -3.93. The summed E-state index contributed by atoms with van der Waals surface area (Å²) in [6, 6.07) is 3.46. The molecule has 2 aromatic rings. The zero-order chi connectivity index (χ0) is 28.7. The van der Waals surface area contributed by atoms with Crippen LogP contribution in [0.25, 0.3) is 10.9 Å². The van der Waals surface area contributed by atoms with Gasteiger partial charge in [0.1, 0.15) is 18.1 Å². The number of nitrogens with one attached hydrogen (secondary N) is 3. The second-order valence-electron chi connectivity index (χ2n) is 10.1. The molecule has 0 bridgehead atoms. The first-order chi connectivity index (χ1) is 18.5. The molecular formula is C27H38N6O6. The minimum atomic E-state index is -1.21. The average Bonchev–Trinajstić information content (AvgIpc) is 3.56. The number of H-pyrrole nitrogens is 1. The van der Waals surface area contributed by atoms with Gasteiger partial charge in [-0.25, -0.2) is 4.79 Å². The van der Waals surface area contributed by atoms with E-state index in [9.17, 15) is 29.1 Å². The van der Waals surface area contributed by atoms with Gasteiger partial charge in [0.15, 0.2) is 0 Å². The maximum absolute atomic E-state index is 13.3. The van der Waals surface area contributed by atoms with Crippen molar-refractivity contribution in [1.82, 2.24) is 20.5 Å². The summed E-state index contributed by atoms with van der Waals surface area (Å²) in [5.41, 5.74) is 12.7. The van der Waals surface area contributed by atoms with Crippen LogP contribution in [0.4, 0.5) is 0 Å². The van der Waals surface area contributed by atoms with Crippen LogP contribution in [-0.2, 0) is 30.4 Å². The third-order valence-electron chi connectivity index (χ3n) is 7.36. The lowest BCUT2D eigenvalue weighted by Crippen LogP contribution is -2.58. The van der Waals surface area contributed by atoms with E-state index in [-0.39, 0.29) is 25.2 Å². The Morgan fingerprint density at radius 2 is 1.90 bits per heavy atom. The van der Waals surface area contributed by atoms with E-state index < -0.39 is 53.8 Å². The van der Waals surface area contributed by atoms with Gasteiger partial charge >= 0.3 is 5.97 Å². The molecule has 1 aliphatic heterocycles. The number of nitrogens with zero attached hydrogens (tertiary/aromatic N) is 1. The van der Waals surface area contributed by atoms with Crippen LogP contribution >= 0.6 is 0 Å². The number of aliphatic carboxylic acids is 1. The smallest absolute Gasteiger partial charge is 0.326 e. The van der Waals surface area contributed by atoms with Gasteiger partial charge in [-0.1, -0.05) is 38.5 Å². The molecule has 1 saturated heterocycles. The van der Waals surface area contributed by atoms with Crippen LogP contribution < -0.4 is 22.1 Å². The molecule has 39 heavy (non-hydrogen) atoms. The van der Waals surface area contributed by atoms with E-state index in [0.29, 0.717) is 25.8 Å². The van der Waals surface area contributed by atoms with Crippen molar-refractivity contribution in [3.05, 3.63) is 36.0 Å². The standard InChI is InChI=1S/C27H38N6O6/c1-3-15(2)23(32-24(35)21-9-6-12-33(21)26(37)18(28)10-11-22(29)34)25(36)31-20(27(38)39)13-16-14-30-19-8-5-4-7-17(16)19/h4-5,7-8,14-15,18,20-21,23,30H,3,6,9-13,28H2,1-2H3,(H2,29,34)(H,31,36)(H,32,35)(H,38,39). The third-order valence-corrected chi connectivity index (χ3v) is 7.36. The fraction of sp³-hybridized carbons (Fsp3) is 0.519. The number of fused-ring (bicyclic) bond motifs is 1. The number of carboxylic acid groups (broad SMARTS) is 1. The van der Waals surface area contributed by atoms with Crippen LogP contribution in [-0.4, -0.2) is 75.3 Å². The lowest BCUT2D eigenvalue weighted by Gasteiger charge is -2.30. The molecule has 1 fully saturated rings. The summed E-state index contributed by atoms with van der Waals surface area (Å²) in [6.07, 6.45) is 3.33. The molecule has 12 heteroatoms. The highest BCUT2D eigenvalue weighted by Gasteiger charge is 2.39. The van der Waals surface area contributed by atoms with Crippen molar-refractivity contribution >= 4 is 40.5 Å². The number of amides is 4. The first-order valence-electron chi connectivity index (χ1n) is 13.3. The number of primary amides is 1. The quantitative estimate of drug-likeness (QED) is 0.210. The highest BCUT2D eigenvalue weighted by atomic mass is 16.4. The molecule has 1 aromatic heterocycles. The number of aromatic nitrogens is 1. The summed E-state index contributed by atoms with van der Waals surface area (Å²) in [4.78, 5) is 67.1. The van der Waals surface area contributed by atoms with Gasteiger partial charge in [-0.15, -0.1) is 0 Å². The van der Waals surface area contributed by atoms with E-state index in [1.54, 1.807) is 13.1 Å². The molecule has 0 aliphatic carbocycles. The van der Waals surface area contributed by atoms with E-state index in [1.165, 1.54) is 4.90 Å². The lowest BCUT2D eigenvalue weighted by molar-refractivity contribution is -0.143.